The summed E-state index contributed by atoms with van der Waals surface area (Å²) >= 11 is 1.99. The minimum atomic E-state index is 0.476. The zero-order chi connectivity index (χ0) is 10.7. The van der Waals surface area contributed by atoms with Crippen LogP contribution in [0.5, 0.6) is 0 Å². The first kappa shape index (κ1) is 10.8. The molecule has 3 heteroatoms. The topological polar surface area (TPSA) is 24.9 Å². The second kappa shape index (κ2) is 4.44. The van der Waals surface area contributed by atoms with Crippen LogP contribution >= 0.6 is 11.8 Å². The number of nitrogens with one attached hydrogen (secondary N) is 1. The van der Waals surface area contributed by atoms with E-state index < -0.39 is 0 Å². The third kappa shape index (κ3) is 2.28. The van der Waals surface area contributed by atoms with Crippen LogP contribution in [0.2, 0.25) is 0 Å². The summed E-state index contributed by atoms with van der Waals surface area (Å²) in [6.45, 7) is 3.15. The molecule has 1 N–H and O–H groups in total. The Kier molecular flexibility index (Phi) is 3.19. The summed E-state index contributed by atoms with van der Waals surface area (Å²) in [7, 11) is 0. The number of hydrogen-bond acceptors (Lipinski definition) is 3. The van der Waals surface area contributed by atoms with Gasteiger partial charge in [-0.05, 0) is 37.7 Å². The van der Waals surface area contributed by atoms with Crippen molar-refractivity contribution >= 4 is 17.6 Å². The maximum Gasteiger partial charge on any atom is 0.128 e. The van der Waals surface area contributed by atoms with E-state index in [2.05, 4.69) is 29.5 Å². The van der Waals surface area contributed by atoms with Crippen LogP contribution in [-0.2, 0) is 0 Å². The highest BCUT2D eigenvalue weighted by molar-refractivity contribution is 8.00. The van der Waals surface area contributed by atoms with Crippen LogP contribution in [0.15, 0.2) is 18.3 Å². The van der Waals surface area contributed by atoms with Gasteiger partial charge in [0.15, 0.2) is 0 Å². The number of nitrogens with zero attached hydrogens (tertiary/aromatic N) is 1. The zero-order valence-electron chi connectivity index (χ0n) is 9.42. The number of hydrogen-bond donors (Lipinski definition) is 1. The third-order valence-corrected chi connectivity index (χ3v) is 4.70. The molecule has 0 atom stereocenters. The van der Waals surface area contributed by atoms with Gasteiger partial charge < -0.3 is 5.32 Å². The minimum Gasteiger partial charge on any atom is -0.368 e. The summed E-state index contributed by atoms with van der Waals surface area (Å²) < 4.78 is 0.476. The van der Waals surface area contributed by atoms with E-state index in [-0.39, 0.29) is 0 Å². The summed E-state index contributed by atoms with van der Waals surface area (Å²) in [5.41, 5.74) is 1.23. The monoisotopic (exact) mass is 222 g/mol. The summed E-state index contributed by atoms with van der Waals surface area (Å²) in [5, 5.41) is 3.47. The molecule has 1 heterocycles. The van der Waals surface area contributed by atoms with E-state index in [0.717, 1.165) is 12.4 Å². The van der Waals surface area contributed by atoms with Gasteiger partial charge in [-0.3, -0.25) is 0 Å². The molecular formula is C12H18N2S. The van der Waals surface area contributed by atoms with Gasteiger partial charge in [0.2, 0.25) is 0 Å². The van der Waals surface area contributed by atoms with E-state index in [4.69, 9.17) is 0 Å². The minimum absolute atomic E-state index is 0.476. The standard InChI is InChI=1S/C12H18N2S/c1-10-5-3-8-13-11(10)14-9-12(15-2)6-4-7-12/h3,5,8H,4,6-7,9H2,1-2H3,(H,13,14). The van der Waals surface area contributed by atoms with Crippen LogP contribution in [0.3, 0.4) is 0 Å². The van der Waals surface area contributed by atoms with Crippen LogP contribution in [0, 0.1) is 6.92 Å². The van der Waals surface area contributed by atoms with E-state index in [0.29, 0.717) is 4.75 Å². The second-order valence-corrected chi connectivity index (χ2v) is 5.54. The smallest absolute Gasteiger partial charge is 0.128 e. The maximum atomic E-state index is 4.35. The van der Waals surface area contributed by atoms with Crippen molar-refractivity contribution < 1.29 is 0 Å². The lowest BCUT2D eigenvalue weighted by molar-refractivity contribution is 0.379. The van der Waals surface area contributed by atoms with Gasteiger partial charge in [0, 0.05) is 17.5 Å². The fourth-order valence-corrected chi connectivity index (χ4v) is 2.85. The molecule has 15 heavy (non-hydrogen) atoms. The van der Waals surface area contributed by atoms with Crippen molar-refractivity contribution in [3.63, 3.8) is 0 Å². The molecule has 1 aliphatic rings. The lowest BCUT2D eigenvalue weighted by Gasteiger charge is -2.40. The summed E-state index contributed by atoms with van der Waals surface area (Å²) in [6, 6.07) is 4.08. The van der Waals surface area contributed by atoms with Gasteiger partial charge in [0.25, 0.3) is 0 Å². The van der Waals surface area contributed by atoms with Crippen molar-refractivity contribution in [1.82, 2.24) is 4.98 Å². The molecule has 1 saturated carbocycles. The number of aromatic nitrogens is 1. The van der Waals surface area contributed by atoms with Crippen molar-refractivity contribution in [2.75, 3.05) is 18.1 Å². The average molecular weight is 222 g/mol. The first-order valence-electron chi connectivity index (χ1n) is 5.46. The fraction of sp³-hybridized carbons (Fsp3) is 0.583. The third-order valence-electron chi connectivity index (χ3n) is 3.29. The van der Waals surface area contributed by atoms with Crippen molar-refractivity contribution in [2.24, 2.45) is 0 Å². The average Bonchev–Trinajstić information content (AvgIpc) is 2.19. The van der Waals surface area contributed by atoms with Crippen molar-refractivity contribution in [3.8, 4) is 0 Å². The highest BCUT2D eigenvalue weighted by atomic mass is 32.2. The van der Waals surface area contributed by atoms with Gasteiger partial charge in [-0.1, -0.05) is 12.5 Å². The molecule has 1 aromatic heterocycles. The number of thioether (sulfide) groups is 1. The van der Waals surface area contributed by atoms with Crippen LogP contribution in [-0.4, -0.2) is 22.5 Å². The Morgan fingerprint density at radius 2 is 2.33 bits per heavy atom. The molecule has 82 valence electrons. The molecule has 1 aromatic rings. The molecule has 1 fully saturated rings. The first-order valence-corrected chi connectivity index (χ1v) is 6.69. The Hall–Kier alpha value is -0.700. The molecule has 0 unspecified atom stereocenters. The zero-order valence-corrected chi connectivity index (χ0v) is 10.2. The maximum absolute atomic E-state index is 4.35. The van der Waals surface area contributed by atoms with Gasteiger partial charge >= 0.3 is 0 Å². The molecule has 0 bridgehead atoms. The SMILES string of the molecule is CSC1(CNc2ncccc2C)CCC1. The Bertz CT molecular complexity index is 329. The molecule has 1 aliphatic carbocycles. The molecule has 0 saturated heterocycles. The van der Waals surface area contributed by atoms with Crippen molar-refractivity contribution in [1.29, 1.82) is 0 Å². The molecule has 2 nitrogen and oxygen atoms in total. The van der Waals surface area contributed by atoms with Gasteiger partial charge in [-0.15, -0.1) is 0 Å². The van der Waals surface area contributed by atoms with E-state index in [1.807, 2.05) is 24.0 Å². The Balaban J connectivity index is 1.95. The predicted molar refractivity (Wildman–Crippen MR) is 67.6 cm³/mol. The van der Waals surface area contributed by atoms with Gasteiger partial charge in [-0.2, -0.15) is 11.8 Å². The lowest BCUT2D eigenvalue weighted by atomic mass is 9.84. The number of anilines is 1. The van der Waals surface area contributed by atoms with E-state index in [1.54, 1.807) is 0 Å². The van der Waals surface area contributed by atoms with E-state index >= 15 is 0 Å². The summed E-state index contributed by atoms with van der Waals surface area (Å²) in [4.78, 5) is 4.35. The van der Waals surface area contributed by atoms with Crippen LogP contribution in [0.4, 0.5) is 5.82 Å². The second-order valence-electron chi connectivity index (χ2n) is 4.26. The van der Waals surface area contributed by atoms with Crippen LogP contribution in [0.1, 0.15) is 24.8 Å². The number of aryl methyl sites for hydroxylation is 1. The molecule has 2 rings (SSSR count). The molecule has 0 amide bonds. The van der Waals surface area contributed by atoms with Crippen molar-refractivity contribution in [2.45, 2.75) is 30.9 Å². The van der Waals surface area contributed by atoms with Crippen LogP contribution in [0.25, 0.3) is 0 Å². The highest BCUT2D eigenvalue weighted by Gasteiger charge is 2.35. The van der Waals surface area contributed by atoms with E-state index in [9.17, 15) is 0 Å². The van der Waals surface area contributed by atoms with E-state index in [1.165, 1.54) is 24.8 Å². The summed E-state index contributed by atoms with van der Waals surface area (Å²) in [6.07, 6.45) is 8.12. The Morgan fingerprint density at radius 1 is 1.53 bits per heavy atom. The fourth-order valence-electron chi connectivity index (χ4n) is 1.94. The number of rotatable bonds is 4. The largest absolute Gasteiger partial charge is 0.368 e. The molecule has 0 aromatic carbocycles. The van der Waals surface area contributed by atoms with Gasteiger partial charge in [-0.25, -0.2) is 4.98 Å². The van der Waals surface area contributed by atoms with Crippen LogP contribution < -0.4 is 5.32 Å². The lowest BCUT2D eigenvalue weighted by Crippen LogP contribution is -2.40. The molecule has 0 aliphatic heterocycles. The normalized spacial score (nSPS) is 18.3. The predicted octanol–water partition coefficient (Wildman–Crippen LogP) is 3.09. The summed E-state index contributed by atoms with van der Waals surface area (Å²) in [5.74, 6) is 1.04. The first-order chi connectivity index (χ1) is 7.26. The van der Waals surface area contributed by atoms with Gasteiger partial charge in [0.05, 0.1) is 0 Å². The molecule has 0 radical (unpaired) electrons. The Morgan fingerprint density at radius 3 is 2.87 bits per heavy atom. The molecule has 0 spiro atoms. The quantitative estimate of drug-likeness (QED) is 0.847. The molecular weight excluding hydrogens is 204 g/mol. The highest BCUT2D eigenvalue weighted by Crippen LogP contribution is 2.42. The van der Waals surface area contributed by atoms with Gasteiger partial charge in [0.1, 0.15) is 5.82 Å². The van der Waals surface area contributed by atoms with Crippen molar-refractivity contribution in [3.05, 3.63) is 23.9 Å². The Labute approximate surface area is 95.9 Å². The number of pyridine rings is 1.